The van der Waals surface area contributed by atoms with Crippen molar-refractivity contribution in [3.05, 3.63) is 88.1 Å². The summed E-state index contributed by atoms with van der Waals surface area (Å²) < 4.78 is 8.66. The summed E-state index contributed by atoms with van der Waals surface area (Å²) in [6.07, 6.45) is 6.04. The van der Waals surface area contributed by atoms with Gasteiger partial charge in [-0.15, -0.1) is 5.10 Å². The lowest BCUT2D eigenvalue weighted by Gasteiger charge is -2.08. The third kappa shape index (κ3) is 3.39. The number of H-pyrrole nitrogens is 1. The number of hydrogen-bond acceptors (Lipinski definition) is 5. The molecular weight excluding hydrogens is 452 g/mol. The number of benzene rings is 2. The second-order valence-electron chi connectivity index (χ2n) is 8.00. The highest BCUT2D eigenvalue weighted by atomic mass is 35.5. The number of methoxy groups -OCH3 is 1. The highest BCUT2D eigenvalue weighted by molar-refractivity contribution is 6.30. The van der Waals surface area contributed by atoms with Crippen molar-refractivity contribution >= 4 is 39.2 Å². The fourth-order valence-corrected chi connectivity index (χ4v) is 4.32. The first kappa shape index (κ1) is 20.4. The van der Waals surface area contributed by atoms with Gasteiger partial charge in [0.2, 0.25) is 0 Å². The molecule has 0 fully saturated rings. The van der Waals surface area contributed by atoms with E-state index in [2.05, 4.69) is 20.1 Å². The van der Waals surface area contributed by atoms with Gasteiger partial charge in [0, 0.05) is 46.6 Å². The Balaban J connectivity index is 1.35. The number of nitrogens with zero attached hydrogens (tertiary/aromatic N) is 5. The molecule has 4 aromatic heterocycles. The minimum Gasteiger partial charge on any atom is -0.497 e. The average molecular weight is 471 g/mol. The molecule has 168 valence electrons. The van der Waals surface area contributed by atoms with E-state index >= 15 is 0 Å². The van der Waals surface area contributed by atoms with Crippen LogP contribution in [0.3, 0.4) is 0 Å². The Kier molecular flexibility index (Phi) is 4.81. The van der Waals surface area contributed by atoms with Gasteiger partial charge in [-0.05, 0) is 60.5 Å². The normalized spacial score (nSPS) is 11.6. The Morgan fingerprint density at radius 2 is 1.94 bits per heavy atom. The number of pyridine rings is 1. The summed E-state index contributed by atoms with van der Waals surface area (Å²) in [6, 6.07) is 15.1. The van der Waals surface area contributed by atoms with Crippen molar-refractivity contribution in [2.45, 2.75) is 13.0 Å². The second kappa shape index (κ2) is 8.00. The lowest BCUT2D eigenvalue weighted by molar-refractivity contribution is 0.415. The van der Waals surface area contributed by atoms with Crippen LogP contribution in [0.15, 0.2) is 71.9 Å². The van der Waals surface area contributed by atoms with Crippen molar-refractivity contribution in [1.29, 1.82) is 0 Å². The van der Waals surface area contributed by atoms with E-state index in [-0.39, 0.29) is 5.56 Å². The van der Waals surface area contributed by atoms with Crippen LogP contribution < -0.4 is 10.3 Å². The maximum Gasteiger partial charge on any atom is 0.261 e. The SMILES string of the molecule is COc1ccc2[nH]cc(CCn3ccc4c(cnc5nc(-c6ccc(Cl)cc6)nn54)c3=O)c2c1. The van der Waals surface area contributed by atoms with Crippen LogP contribution >= 0.6 is 11.6 Å². The summed E-state index contributed by atoms with van der Waals surface area (Å²) in [7, 11) is 1.65. The zero-order valence-electron chi connectivity index (χ0n) is 18.2. The van der Waals surface area contributed by atoms with E-state index in [4.69, 9.17) is 16.3 Å². The molecule has 34 heavy (non-hydrogen) atoms. The van der Waals surface area contributed by atoms with Crippen molar-refractivity contribution in [2.75, 3.05) is 7.11 Å². The van der Waals surface area contributed by atoms with Crippen LogP contribution in [0.2, 0.25) is 5.02 Å². The van der Waals surface area contributed by atoms with Gasteiger partial charge in [-0.2, -0.15) is 9.50 Å². The van der Waals surface area contributed by atoms with E-state index in [9.17, 15) is 4.79 Å². The molecule has 0 atom stereocenters. The maximum atomic E-state index is 13.2. The predicted molar refractivity (Wildman–Crippen MR) is 132 cm³/mol. The molecule has 0 radical (unpaired) electrons. The van der Waals surface area contributed by atoms with Gasteiger partial charge < -0.3 is 14.3 Å². The largest absolute Gasteiger partial charge is 0.497 e. The van der Waals surface area contributed by atoms with Gasteiger partial charge >= 0.3 is 0 Å². The number of aromatic amines is 1. The number of halogens is 1. The average Bonchev–Trinajstić information content (AvgIpc) is 3.48. The fourth-order valence-electron chi connectivity index (χ4n) is 4.19. The van der Waals surface area contributed by atoms with Gasteiger partial charge in [0.25, 0.3) is 11.3 Å². The first-order valence-corrected chi connectivity index (χ1v) is 11.1. The first-order chi connectivity index (χ1) is 16.6. The Morgan fingerprint density at radius 1 is 1.09 bits per heavy atom. The molecule has 0 saturated heterocycles. The molecule has 1 N–H and O–H groups in total. The summed E-state index contributed by atoms with van der Waals surface area (Å²) in [5.41, 5.74) is 3.53. The molecule has 8 nitrogen and oxygen atoms in total. The monoisotopic (exact) mass is 470 g/mol. The summed E-state index contributed by atoms with van der Waals surface area (Å²) >= 11 is 5.99. The third-order valence-corrected chi connectivity index (χ3v) is 6.26. The summed E-state index contributed by atoms with van der Waals surface area (Å²) in [4.78, 5) is 25.4. The van der Waals surface area contributed by atoms with E-state index < -0.39 is 0 Å². The van der Waals surface area contributed by atoms with Gasteiger partial charge in [-0.25, -0.2) is 4.98 Å². The third-order valence-electron chi connectivity index (χ3n) is 6.01. The molecular formula is C25H19ClN6O2. The van der Waals surface area contributed by atoms with E-state index in [0.29, 0.717) is 40.5 Å². The predicted octanol–water partition coefficient (Wildman–Crippen LogP) is 4.49. The maximum absolute atomic E-state index is 13.2. The zero-order chi connectivity index (χ0) is 23.2. The molecule has 4 heterocycles. The number of aromatic nitrogens is 6. The molecule has 0 saturated carbocycles. The van der Waals surface area contributed by atoms with Crippen molar-refractivity contribution in [1.82, 2.24) is 29.1 Å². The molecule has 0 aliphatic rings. The van der Waals surface area contributed by atoms with Crippen molar-refractivity contribution in [2.24, 2.45) is 0 Å². The highest BCUT2D eigenvalue weighted by Crippen LogP contribution is 2.24. The Labute approximate surface area is 198 Å². The smallest absolute Gasteiger partial charge is 0.261 e. The van der Waals surface area contributed by atoms with Gasteiger partial charge in [0.15, 0.2) is 5.82 Å². The molecule has 0 aliphatic carbocycles. The van der Waals surface area contributed by atoms with E-state index in [1.54, 1.807) is 40.7 Å². The topological polar surface area (TPSA) is 90.1 Å². The van der Waals surface area contributed by atoms with Crippen LogP contribution in [0.1, 0.15) is 5.56 Å². The van der Waals surface area contributed by atoms with Gasteiger partial charge in [-0.1, -0.05) is 11.6 Å². The summed E-state index contributed by atoms with van der Waals surface area (Å²) in [5.74, 6) is 1.76. The van der Waals surface area contributed by atoms with Crippen LogP contribution in [-0.2, 0) is 13.0 Å². The minimum absolute atomic E-state index is 0.118. The van der Waals surface area contributed by atoms with Crippen LogP contribution in [0, 0.1) is 0 Å². The highest BCUT2D eigenvalue weighted by Gasteiger charge is 2.13. The number of aryl methyl sites for hydroxylation is 2. The van der Waals surface area contributed by atoms with Crippen LogP contribution in [0.25, 0.3) is 39.0 Å². The molecule has 0 spiro atoms. The molecule has 6 rings (SSSR count). The quantitative estimate of drug-likeness (QED) is 0.401. The number of rotatable bonds is 5. The van der Waals surface area contributed by atoms with Gasteiger partial charge in [-0.3, -0.25) is 4.79 Å². The van der Waals surface area contributed by atoms with E-state index in [0.717, 1.165) is 27.8 Å². The van der Waals surface area contributed by atoms with Crippen molar-refractivity contribution in [3.63, 3.8) is 0 Å². The standard InChI is InChI=1S/C25H19ClN6O2/c1-34-18-6-7-21-19(12-18)16(13-27-21)8-10-31-11-9-22-20(24(31)33)14-28-25-29-23(30-32(22)25)15-2-4-17(26)5-3-15/h2-7,9,11-14,27H,8,10H2,1H3. The molecule has 0 aliphatic heterocycles. The Hall–Kier alpha value is -4.17. The summed E-state index contributed by atoms with van der Waals surface area (Å²) in [6.45, 7) is 0.532. The van der Waals surface area contributed by atoms with Gasteiger partial charge in [0.1, 0.15) is 5.75 Å². The second-order valence-corrected chi connectivity index (χ2v) is 8.44. The first-order valence-electron chi connectivity index (χ1n) is 10.8. The Bertz CT molecular complexity index is 1730. The van der Waals surface area contributed by atoms with Crippen LogP contribution in [-0.4, -0.2) is 36.2 Å². The molecule has 0 unspecified atom stereocenters. The van der Waals surface area contributed by atoms with E-state index in [1.807, 2.05) is 42.6 Å². The molecule has 0 amide bonds. The van der Waals surface area contributed by atoms with Crippen LogP contribution in [0.4, 0.5) is 0 Å². The Morgan fingerprint density at radius 3 is 2.76 bits per heavy atom. The fraction of sp³-hybridized carbons (Fsp3) is 0.120. The summed E-state index contributed by atoms with van der Waals surface area (Å²) in [5, 5.41) is 6.81. The number of fused-ring (bicyclic) bond motifs is 4. The molecule has 0 bridgehead atoms. The lowest BCUT2D eigenvalue weighted by Crippen LogP contribution is -2.21. The number of hydrogen-bond donors (Lipinski definition) is 1. The molecule has 6 aromatic rings. The molecule has 9 heteroatoms. The zero-order valence-corrected chi connectivity index (χ0v) is 19.0. The van der Waals surface area contributed by atoms with Crippen LogP contribution in [0.5, 0.6) is 5.75 Å². The van der Waals surface area contributed by atoms with Gasteiger partial charge in [0.05, 0.1) is 18.0 Å². The molecule has 2 aromatic carbocycles. The lowest BCUT2D eigenvalue weighted by atomic mass is 10.1. The van der Waals surface area contributed by atoms with Crippen molar-refractivity contribution < 1.29 is 4.74 Å². The number of nitrogens with one attached hydrogen (secondary N) is 1. The minimum atomic E-state index is -0.118. The van der Waals surface area contributed by atoms with E-state index in [1.165, 1.54) is 0 Å². The number of ether oxygens (including phenoxy) is 1. The van der Waals surface area contributed by atoms with Crippen molar-refractivity contribution in [3.8, 4) is 17.1 Å².